The first kappa shape index (κ1) is 13.8. The molecule has 0 spiro atoms. The van der Waals surface area contributed by atoms with E-state index in [2.05, 4.69) is 79.8 Å². The summed E-state index contributed by atoms with van der Waals surface area (Å²) in [4.78, 5) is 0. The van der Waals surface area contributed by atoms with Gasteiger partial charge in [0.2, 0.25) is 0 Å². The summed E-state index contributed by atoms with van der Waals surface area (Å²) in [5.74, 6) is 0.669. The molecule has 0 saturated carbocycles. The Morgan fingerprint density at radius 2 is 1.42 bits per heavy atom. The summed E-state index contributed by atoms with van der Waals surface area (Å²) in [6.45, 7) is 5.54. The molecular formula is C18H23N. The number of rotatable bonds is 6. The van der Waals surface area contributed by atoms with Crippen molar-refractivity contribution in [1.29, 1.82) is 0 Å². The topological polar surface area (TPSA) is 12.0 Å². The molecule has 0 unspecified atom stereocenters. The van der Waals surface area contributed by atoms with E-state index in [1.54, 1.807) is 0 Å². The zero-order chi connectivity index (χ0) is 13.5. The summed E-state index contributed by atoms with van der Waals surface area (Å²) in [6, 6.07) is 21.8. The lowest BCUT2D eigenvalue weighted by molar-refractivity contribution is 0.471. The van der Waals surface area contributed by atoms with Gasteiger partial charge in [0, 0.05) is 6.04 Å². The molecular weight excluding hydrogens is 230 g/mol. The molecule has 0 amide bonds. The van der Waals surface area contributed by atoms with Crippen LogP contribution in [0.1, 0.15) is 31.0 Å². The third kappa shape index (κ3) is 4.53. The number of nitrogens with one attached hydrogen (secondary N) is 1. The van der Waals surface area contributed by atoms with Crippen LogP contribution >= 0.6 is 0 Å². The lowest BCUT2D eigenvalue weighted by atomic mass is 9.98. The van der Waals surface area contributed by atoms with E-state index < -0.39 is 0 Å². The minimum absolute atomic E-state index is 0.394. The molecule has 1 atom stereocenters. The maximum atomic E-state index is 3.68. The molecule has 0 bridgehead atoms. The maximum Gasteiger partial charge on any atom is 0.0360 e. The van der Waals surface area contributed by atoms with Crippen molar-refractivity contribution >= 4 is 0 Å². The Morgan fingerprint density at radius 3 is 2.00 bits per heavy atom. The van der Waals surface area contributed by atoms with Crippen molar-refractivity contribution in [3.8, 4) is 0 Å². The standard InChI is InChI=1S/C18H23N/c1-15(2)14-19-18(17-11-7-4-8-12-17)13-16-9-5-3-6-10-16/h3-12,15,18-19H,13-14H2,1-2H3/t18-/m0/s1. The van der Waals surface area contributed by atoms with Crippen LogP contribution in [-0.2, 0) is 6.42 Å². The Balaban J connectivity index is 2.10. The van der Waals surface area contributed by atoms with Crippen LogP contribution in [0.5, 0.6) is 0 Å². The first-order valence-electron chi connectivity index (χ1n) is 7.08. The molecule has 100 valence electrons. The van der Waals surface area contributed by atoms with E-state index in [-0.39, 0.29) is 0 Å². The summed E-state index contributed by atoms with van der Waals surface area (Å²) in [7, 11) is 0. The fraction of sp³-hybridized carbons (Fsp3) is 0.333. The summed E-state index contributed by atoms with van der Waals surface area (Å²) >= 11 is 0. The highest BCUT2D eigenvalue weighted by Gasteiger charge is 2.11. The van der Waals surface area contributed by atoms with Gasteiger partial charge in [-0.15, -0.1) is 0 Å². The predicted octanol–water partition coefficient (Wildman–Crippen LogP) is 4.22. The molecule has 0 aromatic heterocycles. The molecule has 0 saturated heterocycles. The number of hydrogen-bond acceptors (Lipinski definition) is 1. The SMILES string of the molecule is CC(C)CN[C@@H](Cc1ccccc1)c1ccccc1. The highest BCUT2D eigenvalue weighted by atomic mass is 14.9. The molecule has 1 heteroatoms. The Bertz CT molecular complexity index is 462. The van der Waals surface area contributed by atoms with Gasteiger partial charge < -0.3 is 5.32 Å². The third-order valence-corrected chi connectivity index (χ3v) is 3.26. The highest BCUT2D eigenvalue weighted by Crippen LogP contribution is 2.18. The monoisotopic (exact) mass is 253 g/mol. The second kappa shape index (κ2) is 7.10. The minimum Gasteiger partial charge on any atom is -0.309 e. The van der Waals surface area contributed by atoms with Crippen LogP contribution in [0.2, 0.25) is 0 Å². The zero-order valence-electron chi connectivity index (χ0n) is 11.8. The average Bonchev–Trinajstić information content (AvgIpc) is 2.45. The molecule has 1 N–H and O–H groups in total. The van der Waals surface area contributed by atoms with Gasteiger partial charge in [0.15, 0.2) is 0 Å². The van der Waals surface area contributed by atoms with Crippen LogP contribution in [0.15, 0.2) is 60.7 Å². The van der Waals surface area contributed by atoms with Gasteiger partial charge in [-0.2, -0.15) is 0 Å². The van der Waals surface area contributed by atoms with Gasteiger partial charge in [0.25, 0.3) is 0 Å². The molecule has 0 aliphatic rings. The van der Waals surface area contributed by atoms with Crippen LogP contribution in [0.4, 0.5) is 0 Å². The number of hydrogen-bond donors (Lipinski definition) is 1. The van der Waals surface area contributed by atoms with Gasteiger partial charge in [0.1, 0.15) is 0 Å². The Morgan fingerprint density at radius 1 is 0.842 bits per heavy atom. The van der Waals surface area contributed by atoms with E-state index in [0.29, 0.717) is 12.0 Å². The number of benzene rings is 2. The van der Waals surface area contributed by atoms with E-state index >= 15 is 0 Å². The second-order valence-corrected chi connectivity index (χ2v) is 5.46. The molecule has 2 aromatic carbocycles. The summed E-state index contributed by atoms with van der Waals surface area (Å²) in [5, 5.41) is 3.68. The second-order valence-electron chi connectivity index (χ2n) is 5.46. The molecule has 2 rings (SSSR count). The van der Waals surface area contributed by atoms with Crippen molar-refractivity contribution in [3.63, 3.8) is 0 Å². The molecule has 1 nitrogen and oxygen atoms in total. The van der Waals surface area contributed by atoms with Crippen molar-refractivity contribution in [2.75, 3.05) is 6.54 Å². The summed E-state index contributed by atoms with van der Waals surface area (Å²) < 4.78 is 0. The quantitative estimate of drug-likeness (QED) is 0.813. The van der Waals surface area contributed by atoms with E-state index in [9.17, 15) is 0 Å². The summed E-state index contributed by atoms with van der Waals surface area (Å²) in [5.41, 5.74) is 2.75. The average molecular weight is 253 g/mol. The van der Waals surface area contributed by atoms with Crippen LogP contribution in [0.25, 0.3) is 0 Å². The van der Waals surface area contributed by atoms with Gasteiger partial charge >= 0.3 is 0 Å². The van der Waals surface area contributed by atoms with E-state index in [0.717, 1.165) is 13.0 Å². The van der Waals surface area contributed by atoms with E-state index in [1.165, 1.54) is 11.1 Å². The van der Waals surface area contributed by atoms with Crippen LogP contribution in [-0.4, -0.2) is 6.54 Å². The highest BCUT2D eigenvalue weighted by molar-refractivity contribution is 5.23. The van der Waals surface area contributed by atoms with Crippen LogP contribution < -0.4 is 5.32 Å². The van der Waals surface area contributed by atoms with Gasteiger partial charge in [0.05, 0.1) is 0 Å². The normalized spacial score (nSPS) is 12.6. The van der Waals surface area contributed by atoms with Crippen LogP contribution in [0, 0.1) is 5.92 Å². The van der Waals surface area contributed by atoms with Crippen molar-refractivity contribution in [1.82, 2.24) is 5.32 Å². The third-order valence-electron chi connectivity index (χ3n) is 3.26. The molecule has 0 fully saturated rings. The smallest absolute Gasteiger partial charge is 0.0360 e. The lowest BCUT2D eigenvalue weighted by Gasteiger charge is -2.20. The van der Waals surface area contributed by atoms with Gasteiger partial charge in [-0.3, -0.25) is 0 Å². The Hall–Kier alpha value is -1.60. The Labute approximate surface area is 116 Å². The van der Waals surface area contributed by atoms with E-state index in [1.807, 2.05) is 0 Å². The summed E-state index contributed by atoms with van der Waals surface area (Å²) in [6.07, 6.45) is 1.04. The zero-order valence-corrected chi connectivity index (χ0v) is 11.8. The van der Waals surface area contributed by atoms with Crippen molar-refractivity contribution < 1.29 is 0 Å². The largest absolute Gasteiger partial charge is 0.309 e. The molecule has 0 heterocycles. The lowest BCUT2D eigenvalue weighted by Crippen LogP contribution is -2.27. The molecule has 0 aliphatic heterocycles. The first-order chi connectivity index (χ1) is 9.25. The fourth-order valence-corrected chi connectivity index (χ4v) is 2.22. The Kier molecular flexibility index (Phi) is 5.17. The fourth-order valence-electron chi connectivity index (χ4n) is 2.22. The van der Waals surface area contributed by atoms with Gasteiger partial charge in [-0.25, -0.2) is 0 Å². The van der Waals surface area contributed by atoms with Crippen molar-refractivity contribution in [2.45, 2.75) is 26.3 Å². The van der Waals surface area contributed by atoms with Crippen LogP contribution in [0.3, 0.4) is 0 Å². The molecule has 0 aliphatic carbocycles. The van der Waals surface area contributed by atoms with Gasteiger partial charge in [-0.05, 0) is 30.0 Å². The maximum absolute atomic E-state index is 3.68. The van der Waals surface area contributed by atoms with Crippen molar-refractivity contribution in [2.24, 2.45) is 5.92 Å². The predicted molar refractivity (Wildman–Crippen MR) is 82.2 cm³/mol. The molecule has 19 heavy (non-hydrogen) atoms. The van der Waals surface area contributed by atoms with Crippen molar-refractivity contribution in [3.05, 3.63) is 71.8 Å². The minimum atomic E-state index is 0.394. The van der Waals surface area contributed by atoms with Gasteiger partial charge in [-0.1, -0.05) is 74.5 Å². The molecule has 0 radical (unpaired) electrons. The first-order valence-corrected chi connectivity index (χ1v) is 7.08. The van der Waals surface area contributed by atoms with E-state index in [4.69, 9.17) is 0 Å². The molecule has 2 aromatic rings.